The summed E-state index contributed by atoms with van der Waals surface area (Å²) >= 11 is 0. The molecular weight excluding hydrogens is 448 g/mol. The molecule has 4 heterocycles. The Morgan fingerprint density at radius 3 is 2.08 bits per heavy atom. The Kier molecular flexibility index (Phi) is 6.79. The minimum Gasteiger partial charge on any atom is -0.328 e. The molecule has 6 heteroatoms. The fourth-order valence-electron chi connectivity index (χ4n) is 7.33. The Balaban J connectivity index is 0.000000223. The Morgan fingerprint density at radius 2 is 1.44 bits per heavy atom. The normalized spacial score (nSPS) is 29.3. The molecule has 2 aliphatic heterocycles. The lowest BCUT2D eigenvalue weighted by molar-refractivity contribution is 0.189. The number of para-hydroxylation sites is 2. The van der Waals surface area contributed by atoms with Gasteiger partial charge in [0.2, 0.25) is 5.56 Å². The second kappa shape index (κ2) is 10.3. The fourth-order valence-corrected chi connectivity index (χ4v) is 7.33. The molecule has 1 aromatic carbocycles. The molecule has 2 aliphatic carbocycles. The van der Waals surface area contributed by atoms with Crippen molar-refractivity contribution in [3.8, 4) is 11.3 Å². The molecule has 2 aromatic heterocycles. The maximum Gasteiger partial charge on any atom is 0.277 e. The molecule has 4 fully saturated rings. The Hall–Kier alpha value is -2.73. The number of nitrogens with one attached hydrogen (secondary N) is 2. The predicted octanol–water partition coefficient (Wildman–Crippen LogP) is 5.57. The van der Waals surface area contributed by atoms with Crippen molar-refractivity contribution >= 4 is 11.0 Å². The van der Waals surface area contributed by atoms with Gasteiger partial charge in [-0.15, -0.1) is 0 Å². The third-order valence-corrected chi connectivity index (χ3v) is 9.02. The van der Waals surface area contributed by atoms with Gasteiger partial charge in [-0.05, 0) is 62.1 Å². The zero-order valence-corrected chi connectivity index (χ0v) is 21.1. The highest BCUT2D eigenvalue weighted by Gasteiger charge is 2.33. The van der Waals surface area contributed by atoms with Gasteiger partial charge in [0.15, 0.2) is 0 Å². The van der Waals surface area contributed by atoms with E-state index in [4.69, 9.17) is 0 Å². The van der Waals surface area contributed by atoms with E-state index in [1.165, 1.54) is 38.2 Å². The van der Waals surface area contributed by atoms with E-state index in [9.17, 15) is 9.59 Å². The molecule has 2 atom stereocenters. The third kappa shape index (κ3) is 4.93. The Bertz CT molecular complexity index is 1280. The molecule has 0 spiro atoms. The average Bonchev–Trinajstić information content (AvgIpc) is 2.89. The van der Waals surface area contributed by atoms with Crippen molar-refractivity contribution in [1.29, 1.82) is 0 Å². The highest BCUT2D eigenvalue weighted by molar-refractivity contribution is 5.77. The summed E-state index contributed by atoms with van der Waals surface area (Å²) < 4.78 is 1.95. The van der Waals surface area contributed by atoms with E-state index >= 15 is 0 Å². The number of aromatic amines is 1. The molecule has 2 N–H and O–H groups in total. The zero-order chi connectivity index (χ0) is 24.5. The number of hydrogen-bond acceptors (Lipinski definition) is 4. The lowest BCUT2D eigenvalue weighted by atomic mass is 9.72. The third-order valence-electron chi connectivity index (χ3n) is 9.02. The smallest absolute Gasteiger partial charge is 0.277 e. The first kappa shape index (κ1) is 23.7. The van der Waals surface area contributed by atoms with E-state index in [1.54, 1.807) is 44.4 Å². The van der Waals surface area contributed by atoms with Crippen molar-refractivity contribution in [2.24, 2.45) is 11.8 Å². The van der Waals surface area contributed by atoms with Crippen LogP contribution in [0, 0.1) is 11.8 Å². The second-order valence-corrected chi connectivity index (χ2v) is 11.5. The van der Waals surface area contributed by atoms with Gasteiger partial charge in [-0.3, -0.25) is 9.59 Å². The molecular formula is C30H38N4O2. The first-order valence-electron chi connectivity index (χ1n) is 14.1. The number of H-pyrrole nitrogens is 1. The van der Waals surface area contributed by atoms with Crippen LogP contribution in [0.25, 0.3) is 22.3 Å². The number of hydrogen-bond donors (Lipinski definition) is 2. The number of rotatable bonds is 2. The molecule has 4 aliphatic rings. The van der Waals surface area contributed by atoms with Crippen molar-refractivity contribution in [2.45, 2.75) is 95.2 Å². The van der Waals surface area contributed by atoms with Gasteiger partial charge in [-0.25, -0.2) is 4.98 Å². The fraction of sp³-hybridized carbons (Fsp3) is 0.567. The van der Waals surface area contributed by atoms with E-state index in [-0.39, 0.29) is 17.2 Å². The van der Waals surface area contributed by atoms with Gasteiger partial charge in [-0.1, -0.05) is 57.1 Å². The molecule has 2 saturated heterocycles. The first-order valence-corrected chi connectivity index (χ1v) is 14.1. The highest BCUT2D eigenvalue weighted by atomic mass is 16.1. The van der Waals surface area contributed by atoms with Gasteiger partial charge in [-0.2, -0.15) is 0 Å². The van der Waals surface area contributed by atoms with Crippen LogP contribution in [0.4, 0.5) is 0 Å². The maximum absolute atomic E-state index is 13.5. The van der Waals surface area contributed by atoms with E-state index in [0.717, 1.165) is 35.7 Å². The van der Waals surface area contributed by atoms with E-state index in [0.29, 0.717) is 23.3 Å². The summed E-state index contributed by atoms with van der Waals surface area (Å²) in [5, 5.41) is 3.70. The van der Waals surface area contributed by atoms with Crippen LogP contribution in [0.2, 0.25) is 0 Å². The molecule has 0 amide bonds. The van der Waals surface area contributed by atoms with E-state index < -0.39 is 0 Å². The minimum atomic E-state index is -0.189. The van der Waals surface area contributed by atoms with Crippen LogP contribution in [0.5, 0.6) is 0 Å². The summed E-state index contributed by atoms with van der Waals surface area (Å²) in [5.41, 5.74) is 2.47. The predicted molar refractivity (Wildman–Crippen MR) is 144 cm³/mol. The Morgan fingerprint density at radius 1 is 0.778 bits per heavy atom. The summed E-state index contributed by atoms with van der Waals surface area (Å²) in [5.74, 6) is 2.30. The van der Waals surface area contributed by atoms with Gasteiger partial charge in [0, 0.05) is 36.0 Å². The van der Waals surface area contributed by atoms with Crippen LogP contribution in [0.15, 0.2) is 52.2 Å². The second-order valence-electron chi connectivity index (χ2n) is 11.5. The summed E-state index contributed by atoms with van der Waals surface area (Å²) in [6.07, 6.45) is 18.0. The zero-order valence-electron chi connectivity index (χ0n) is 21.1. The van der Waals surface area contributed by atoms with Gasteiger partial charge in [0.05, 0.1) is 11.0 Å². The van der Waals surface area contributed by atoms with Gasteiger partial charge >= 0.3 is 0 Å². The standard InChI is InChI=1S/C21H22N4O2.C9H16/c26-19-9-8-13(12-22-19)20-21(27)25(18-7-2-1-6-17(18)24-20)16-10-14-4-3-5-15(11-16)23-14;1-3-8-5-2-6-9(4-1)7-8/h1-2,6-9,12,14-16,23H,3-5,10-11H2,(H,22,26);8-9H,1-7H2. The van der Waals surface area contributed by atoms with E-state index in [1.807, 2.05) is 28.8 Å². The van der Waals surface area contributed by atoms with Gasteiger partial charge in [0.25, 0.3) is 5.56 Å². The van der Waals surface area contributed by atoms with Crippen molar-refractivity contribution < 1.29 is 0 Å². The molecule has 3 aromatic rings. The van der Waals surface area contributed by atoms with Crippen molar-refractivity contribution in [2.75, 3.05) is 0 Å². The monoisotopic (exact) mass is 486 g/mol. The Labute approximate surface area is 212 Å². The molecule has 2 saturated carbocycles. The number of pyridine rings is 1. The average molecular weight is 487 g/mol. The first-order chi connectivity index (χ1) is 17.6. The maximum atomic E-state index is 13.5. The van der Waals surface area contributed by atoms with E-state index in [2.05, 4.69) is 15.3 Å². The van der Waals surface area contributed by atoms with Crippen LogP contribution in [0.1, 0.15) is 83.1 Å². The van der Waals surface area contributed by atoms with Crippen LogP contribution < -0.4 is 16.4 Å². The minimum absolute atomic E-state index is 0.0780. The summed E-state index contributed by atoms with van der Waals surface area (Å²) in [6, 6.07) is 12.1. The van der Waals surface area contributed by atoms with Crippen molar-refractivity contribution in [1.82, 2.24) is 19.9 Å². The summed E-state index contributed by atoms with van der Waals surface area (Å²) in [7, 11) is 0. The highest BCUT2D eigenvalue weighted by Crippen LogP contribution is 2.39. The number of fused-ring (bicyclic) bond motifs is 5. The molecule has 2 unspecified atom stereocenters. The van der Waals surface area contributed by atoms with Gasteiger partial charge < -0.3 is 14.9 Å². The largest absolute Gasteiger partial charge is 0.328 e. The number of piperidine rings is 2. The summed E-state index contributed by atoms with van der Waals surface area (Å²) in [6.45, 7) is 0. The topological polar surface area (TPSA) is 79.8 Å². The van der Waals surface area contributed by atoms with Crippen molar-refractivity contribution in [3.63, 3.8) is 0 Å². The molecule has 4 bridgehead atoms. The molecule has 0 radical (unpaired) electrons. The molecule has 190 valence electrons. The number of nitrogens with zero attached hydrogens (tertiary/aromatic N) is 2. The number of aromatic nitrogens is 3. The molecule has 6 nitrogen and oxygen atoms in total. The van der Waals surface area contributed by atoms with Crippen LogP contribution in [-0.2, 0) is 0 Å². The van der Waals surface area contributed by atoms with Crippen molar-refractivity contribution in [3.05, 3.63) is 63.3 Å². The lowest BCUT2D eigenvalue weighted by Gasteiger charge is -2.41. The molecule has 7 rings (SSSR count). The molecule has 36 heavy (non-hydrogen) atoms. The van der Waals surface area contributed by atoms with Crippen LogP contribution >= 0.6 is 0 Å². The lowest BCUT2D eigenvalue weighted by Crippen LogP contribution is -2.50. The quantitative estimate of drug-likeness (QED) is 0.496. The summed E-state index contributed by atoms with van der Waals surface area (Å²) in [4.78, 5) is 32.2. The van der Waals surface area contributed by atoms with Gasteiger partial charge in [0.1, 0.15) is 5.69 Å². The SMILES string of the molecule is C1CC2CCCC(C1)C2.O=c1ccc(-c2nc3ccccc3n(C3CC4CCCC(C3)N4)c2=O)c[nH]1. The van der Waals surface area contributed by atoms with Crippen LogP contribution in [0.3, 0.4) is 0 Å². The number of benzene rings is 1. The van der Waals surface area contributed by atoms with Crippen LogP contribution in [-0.4, -0.2) is 26.6 Å².